The Morgan fingerprint density at radius 1 is 0.868 bits per heavy atom. The van der Waals surface area contributed by atoms with E-state index >= 15 is 0 Å². The zero-order chi connectivity index (χ0) is 27.9. The van der Waals surface area contributed by atoms with Gasteiger partial charge in [0.15, 0.2) is 0 Å². The maximum atomic E-state index is 12.1. The molecule has 5 nitrogen and oxygen atoms in total. The Morgan fingerprint density at radius 3 is 2.16 bits per heavy atom. The molecule has 1 unspecified atom stereocenters. The minimum absolute atomic E-state index is 0.0102. The van der Waals surface area contributed by atoms with Gasteiger partial charge in [0.1, 0.15) is 0 Å². The van der Waals surface area contributed by atoms with Crippen molar-refractivity contribution in [3.05, 3.63) is 94.6 Å². The lowest BCUT2D eigenvalue weighted by molar-refractivity contribution is -0.142. The van der Waals surface area contributed by atoms with Crippen LogP contribution in [0.25, 0.3) is 0 Å². The van der Waals surface area contributed by atoms with Gasteiger partial charge in [-0.25, -0.2) is 9.59 Å². The number of carbonyl (C=O) groups excluding carboxylic acids is 2. The Morgan fingerprint density at radius 2 is 1.55 bits per heavy atom. The first kappa shape index (κ1) is 31.0. The fourth-order valence-corrected chi connectivity index (χ4v) is 4.31. The van der Waals surface area contributed by atoms with Crippen molar-refractivity contribution in [1.29, 1.82) is 0 Å². The third-order valence-electron chi connectivity index (χ3n) is 6.80. The fraction of sp³-hybridized carbons (Fsp3) is 0.455. The first-order valence-electron chi connectivity index (χ1n) is 13.8. The highest BCUT2D eigenvalue weighted by Gasteiger charge is 2.18. The molecule has 0 aliphatic rings. The van der Waals surface area contributed by atoms with Gasteiger partial charge >= 0.3 is 11.9 Å². The molecule has 0 radical (unpaired) electrons. The number of benzene rings is 2. The smallest absolute Gasteiger partial charge is 0.335 e. The van der Waals surface area contributed by atoms with Gasteiger partial charge in [-0.15, -0.1) is 0 Å². The van der Waals surface area contributed by atoms with E-state index in [1.165, 1.54) is 41.5 Å². The predicted octanol–water partition coefficient (Wildman–Crippen LogP) is 6.45. The molecule has 5 heteroatoms. The van der Waals surface area contributed by atoms with E-state index in [2.05, 4.69) is 69.5 Å². The fourth-order valence-electron chi connectivity index (χ4n) is 4.31. The highest BCUT2D eigenvalue weighted by Crippen LogP contribution is 2.25. The van der Waals surface area contributed by atoms with Crippen LogP contribution in [0.4, 0.5) is 0 Å². The lowest BCUT2D eigenvalue weighted by Gasteiger charge is -2.20. The van der Waals surface area contributed by atoms with E-state index in [9.17, 15) is 9.59 Å². The lowest BCUT2D eigenvalue weighted by Crippen LogP contribution is -2.18. The Bertz CT molecular complexity index is 1070. The second-order valence-electron chi connectivity index (χ2n) is 9.92. The standard InChI is InChI=1S/C33H44O5/c1-6-8-9-10-26-11-13-27(14-12-26)15-16-29-17-18-30(21-28(29)7-2)31(19-20-37-32(35)24(3)4)23-38-33(36)25(5)22-34/h11-14,17-18,21,31,34H,3,5-10,15-16,19-20,22-23H2,1-2,4H3. The molecule has 0 amide bonds. The van der Waals surface area contributed by atoms with Crippen LogP contribution in [-0.4, -0.2) is 36.9 Å². The zero-order valence-corrected chi connectivity index (χ0v) is 23.4. The van der Waals surface area contributed by atoms with E-state index in [4.69, 9.17) is 14.6 Å². The largest absolute Gasteiger partial charge is 0.462 e. The second-order valence-corrected chi connectivity index (χ2v) is 9.92. The molecule has 0 aromatic heterocycles. The highest BCUT2D eigenvalue weighted by atomic mass is 16.5. The Balaban J connectivity index is 2.09. The van der Waals surface area contributed by atoms with Crippen molar-refractivity contribution in [3.63, 3.8) is 0 Å². The summed E-state index contributed by atoms with van der Waals surface area (Å²) >= 11 is 0. The van der Waals surface area contributed by atoms with E-state index < -0.39 is 18.5 Å². The van der Waals surface area contributed by atoms with E-state index in [1.807, 2.05) is 0 Å². The molecule has 2 aromatic carbocycles. The third kappa shape index (κ3) is 10.3. The number of aryl methyl sites for hydroxylation is 4. The molecule has 0 bridgehead atoms. The molecule has 206 valence electrons. The number of rotatable bonds is 17. The quantitative estimate of drug-likeness (QED) is 0.147. The number of aliphatic hydroxyl groups is 1. The van der Waals surface area contributed by atoms with Gasteiger partial charge < -0.3 is 14.6 Å². The SMILES string of the molecule is C=C(C)C(=O)OCCC(COC(=O)C(=C)CO)c1ccc(CCc2ccc(CCCCC)cc2)c(CC)c1. The van der Waals surface area contributed by atoms with Gasteiger partial charge in [-0.1, -0.05) is 82.3 Å². The molecule has 0 heterocycles. The van der Waals surface area contributed by atoms with Crippen LogP contribution in [0.1, 0.15) is 80.2 Å². The molecule has 38 heavy (non-hydrogen) atoms. The zero-order valence-electron chi connectivity index (χ0n) is 23.4. The van der Waals surface area contributed by atoms with E-state index in [0.29, 0.717) is 12.0 Å². The van der Waals surface area contributed by atoms with Crippen molar-refractivity contribution in [1.82, 2.24) is 0 Å². The summed E-state index contributed by atoms with van der Waals surface area (Å²) in [4.78, 5) is 23.9. The summed E-state index contributed by atoms with van der Waals surface area (Å²) in [5, 5.41) is 9.16. The molecule has 0 aliphatic heterocycles. The Kier molecular flexibility index (Phi) is 13.6. The summed E-state index contributed by atoms with van der Waals surface area (Å²) in [6.07, 6.45) is 8.21. The summed E-state index contributed by atoms with van der Waals surface area (Å²) in [7, 11) is 0. The van der Waals surface area contributed by atoms with Crippen molar-refractivity contribution in [2.45, 2.75) is 78.1 Å². The lowest BCUT2D eigenvalue weighted by atomic mass is 9.90. The van der Waals surface area contributed by atoms with Gasteiger partial charge in [-0.05, 0) is 73.3 Å². The molecule has 0 fully saturated rings. The molecular formula is C33H44O5. The molecule has 1 N–H and O–H groups in total. The first-order valence-corrected chi connectivity index (χ1v) is 13.8. The minimum Gasteiger partial charge on any atom is -0.462 e. The Hall–Kier alpha value is -3.18. The first-order chi connectivity index (χ1) is 18.3. The van der Waals surface area contributed by atoms with Crippen LogP contribution in [0.15, 0.2) is 66.8 Å². The molecule has 2 rings (SSSR count). The number of esters is 2. The average Bonchev–Trinajstić information content (AvgIpc) is 2.93. The van der Waals surface area contributed by atoms with Crippen LogP contribution in [0.5, 0.6) is 0 Å². The second kappa shape index (κ2) is 16.6. The van der Waals surface area contributed by atoms with Crippen molar-refractivity contribution in [3.8, 4) is 0 Å². The number of aliphatic hydroxyl groups excluding tert-OH is 1. The van der Waals surface area contributed by atoms with Crippen molar-refractivity contribution >= 4 is 11.9 Å². The van der Waals surface area contributed by atoms with Crippen molar-refractivity contribution in [2.24, 2.45) is 0 Å². The molecule has 0 saturated carbocycles. The maximum Gasteiger partial charge on any atom is 0.335 e. The van der Waals surface area contributed by atoms with E-state index in [1.54, 1.807) is 6.92 Å². The summed E-state index contributed by atoms with van der Waals surface area (Å²) in [6, 6.07) is 15.4. The minimum atomic E-state index is -0.625. The molecule has 0 saturated heterocycles. The van der Waals surface area contributed by atoms with Crippen molar-refractivity contribution < 1.29 is 24.2 Å². The topological polar surface area (TPSA) is 72.8 Å². The maximum absolute atomic E-state index is 12.1. The van der Waals surface area contributed by atoms with Gasteiger partial charge in [0.2, 0.25) is 0 Å². The monoisotopic (exact) mass is 520 g/mol. The molecule has 2 aromatic rings. The third-order valence-corrected chi connectivity index (χ3v) is 6.80. The van der Waals surface area contributed by atoms with Gasteiger partial charge in [-0.2, -0.15) is 0 Å². The van der Waals surface area contributed by atoms with Gasteiger partial charge in [-0.3, -0.25) is 0 Å². The van der Waals surface area contributed by atoms with E-state index in [0.717, 1.165) is 31.2 Å². The van der Waals surface area contributed by atoms with Crippen molar-refractivity contribution in [2.75, 3.05) is 19.8 Å². The normalized spacial score (nSPS) is 11.6. The average molecular weight is 521 g/mol. The number of ether oxygens (including phenoxy) is 2. The van der Waals surface area contributed by atoms with Gasteiger partial charge in [0.05, 0.1) is 25.4 Å². The van der Waals surface area contributed by atoms with Crippen LogP contribution in [0, 0.1) is 0 Å². The molecule has 0 aliphatic carbocycles. The summed E-state index contributed by atoms with van der Waals surface area (Å²) < 4.78 is 10.7. The van der Waals surface area contributed by atoms with E-state index in [-0.39, 0.29) is 24.7 Å². The summed E-state index contributed by atoms with van der Waals surface area (Å²) in [5.41, 5.74) is 6.69. The van der Waals surface area contributed by atoms with Gasteiger partial charge in [0.25, 0.3) is 0 Å². The number of unbranched alkanes of at least 4 members (excludes halogenated alkanes) is 2. The highest BCUT2D eigenvalue weighted by molar-refractivity contribution is 5.88. The number of hydrogen-bond donors (Lipinski definition) is 1. The predicted molar refractivity (Wildman–Crippen MR) is 153 cm³/mol. The molecule has 0 spiro atoms. The van der Waals surface area contributed by atoms with Crippen LogP contribution >= 0.6 is 0 Å². The summed E-state index contributed by atoms with van der Waals surface area (Å²) in [5.74, 6) is -1.23. The van der Waals surface area contributed by atoms with Crippen LogP contribution in [0.3, 0.4) is 0 Å². The van der Waals surface area contributed by atoms with Gasteiger partial charge in [0, 0.05) is 11.5 Å². The number of hydrogen-bond acceptors (Lipinski definition) is 5. The Labute approximate surface area is 228 Å². The molecular weight excluding hydrogens is 476 g/mol. The van der Waals surface area contributed by atoms with Crippen LogP contribution in [0.2, 0.25) is 0 Å². The van der Waals surface area contributed by atoms with Crippen LogP contribution in [-0.2, 0) is 44.7 Å². The number of carbonyl (C=O) groups is 2. The summed E-state index contributed by atoms with van der Waals surface area (Å²) in [6.45, 7) is 13.0. The van der Waals surface area contributed by atoms with Crippen LogP contribution < -0.4 is 0 Å². The molecule has 1 atom stereocenters.